The summed E-state index contributed by atoms with van der Waals surface area (Å²) in [4.78, 5) is 13.0. The Morgan fingerprint density at radius 3 is 2.14 bits per heavy atom. The van der Waals surface area contributed by atoms with E-state index in [0.29, 0.717) is 0 Å². The molecule has 0 spiro atoms. The van der Waals surface area contributed by atoms with Crippen molar-refractivity contribution in [2.24, 2.45) is 0 Å². The van der Waals surface area contributed by atoms with Gasteiger partial charge in [0.2, 0.25) is 6.41 Å². The first-order valence-electron chi connectivity index (χ1n) is 7.97. The van der Waals surface area contributed by atoms with Gasteiger partial charge in [0, 0.05) is 13.1 Å². The first kappa shape index (κ1) is 14.8. The molecule has 0 fully saturated rings. The molecule has 0 radical (unpaired) electrons. The van der Waals surface area contributed by atoms with E-state index >= 15 is 0 Å². The fraction of sp³-hybridized carbons (Fsp3) is 0.350. The molecule has 0 saturated carbocycles. The molecule has 3 rings (SSSR count). The van der Waals surface area contributed by atoms with Crippen molar-refractivity contribution < 1.29 is 4.79 Å². The van der Waals surface area contributed by atoms with Gasteiger partial charge in [0.05, 0.1) is 0 Å². The summed E-state index contributed by atoms with van der Waals surface area (Å²) in [6.45, 7) is 10.3. The highest BCUT2D eigenvalue weighted by atomic mass is 16.1. The number of nitrogens with zero attached hydrogens (tertiary/aromatic N) is 1. The first-order valence-corrected chi connectivity index (χ1v) is 7.97. The maximum atomic E-state index is 11.2. The van der Waals surface area contributed by atoms with Gasteiger partial charge in [0.1, 0.15) is 0 Å². The van der Waals surface area contributed by atoms with E-state index in [0.717, 1.165) is 25.9 Å². The molecule has 1 aliphatic heterocycles. The van der Waals surface area contributed by atoms with E-state index in [2.05, 4.69) is 52.0 Å². The Bertz CT molecular complexity index is 729. The molecule has 1 amide bonds. The van der Waals surface area contributed by atoms with Crippen LogP contribution in [-0.4, -0.2) is 11.3 Å². The van der Waals surface area contributed by atoms with E-state index in [4.69, 9.17) is 0 Å². The molecular formula is C20H23NO. The number of hydrogen-bond donors (Lipinski definition) is 0. The van der Waals surface area contributed by atoms with Crippen LogP contribution in [-0.2, 0) is 24.3 Å². The Morgan fingerprint density at radius 2 is 1.59 bits per heavy atom. The quantitative estimate of drug-likeness (QED) is 0.772. The third kappa shape index (κ3) is 2.23. The maximum Gasteiger partial charge on any atom is 0.210 e. The second-order valence-corrected chi connectivity index (χ2v) is 6.29. The van der Waals surface area contributed by atoms with Crippen molar-refractivity contribution in [3.05, 3.63) is 57.6 Å². The molecular weight excluding hydrogens is 270 g/mol. The van der Waals surface area contributed by atoms with Gasteiger partial charge in [0.15, 0.2) is 0 Å². The van der Waals surface area contributed by atoms with Gasteiger partial charge in [-0.25, -0.2) is 0 Å². The van der Waals surface area contributed by atoms with Gasteiger partial charge >= 0.3 is 0 Å². The van der Waals surface area contributed by atoms with Crippen LogP contribution in [0.3, 0.4) is 0 Å². The molecule has 2 heteroatoms. The van der Waals surface area contributed by atoms with Crippen molar-refractivity contribution >= 4 is 6.41 Å². The molecule has 2 aromatic carbocycles. The topological polar surface area (TPSA) is 20.3 Å². The van der Waals surface area contributed by atoms with E-state index in [1.54, 1.807) is 0 Å². The third-order valence-corrected chi connectivity index (χ3v) is 4.96. The normalized spacial score (nSPS) is 13.4. The molecule has 22 heavy (non-hydrogen) atoms. The molecule has 114 valence electrons. The van der Waals surface area contributed by atoms with E-state index < -0.39 is 0 Å². The average Bonchev–Trinajstić information content (AvgIpc) is 2.96. The summed E-state index contributed by atoms with van der Waals surface area (Å²) in [6.07, 6.45) is 1.99. The number of aryl methyl sites for hydroxylation is 1. The molecule has 1 aliphatic rings. The lowest BCUT2D eigenvalue weighted by molar-refractivity contribution is -0.118. The minimum atomic E-state index is 0.744. The van der Waals surface area contributed by atoms with Crippen molar-refractivity contribution in [2.45, 2.75) is 47.2 Å². The Balaban J connectivity index is 2.25. The molecule has 2 aromatic rings. The molecule has 0 N–H and O–H groups in total. The van der Waals surface area contributed by atoms with Gasteiger partial charge in [-0.3, -0.25) is 4.79 Å². The van der Waals surface area contributed by atoms with Gasteiger partial charge in [-0.2, -0.15) is 0 Å². The highest BCUT2D eigenvalue weighted by molar-refractivity contribution is 5.76. The van der Waals surface area contributed by atoms with Crippen LogP contribution in [0.4, 0.5) is 0 Å². The summed E-state index contributed by atoms with van der Waals surface area (Å²) in [5, 5.41) is 0. The lowest BCUT2D eigenvalue weighted by atomic mass is 9.84. The molecule has 0 atom stereocenters. The monoisotopic (exact) mass is 293 g/mol. The maximum absolute atomic E-state index is 11.2. The van der Waals surface area contributed by atoms with E-state index in [-0.39, 0.29) is 0 Å². The number of carbonyl (C=O) groups excluding carboxylic acids is 1. The van der Waals surface area contributed by atoms with Gasteiger partial charge in [-0.05, 0) is 66.1 Å². The number of benzene rings is 2. The number of rotatable bonds is 3. The van der Waals surface area contributed by atoms with E-state index in [9.17, 15) is 4.79 Å². The Hall–Kier alpha value is -2.09. The summed E-state index contributed by atoms with van der Waals surface area (Å²) < 4.78 is 0. The van der Waals surface area contributed by atoms with E-state index in [1.807, 2.05) is 4.90 Å². The third-order valence-electron chi connectivity index (χ3n) is 4.96. The van der Waals surface area contributed by atoms with Crippen LogP contribution in [0.1, 0.15) is 40.3 Å². The van der Waals surface area contributed by atoms with Crippen molar-refractivity contribution in [2.75, 3.05) is 0 Å². The summed E-state index contributed by atoms with van der Waals surface area (Å²) in [7, 11) is 0. The number of fused-ring (bicyclic) bond motifs is 1. The number of carbonyl (C=O) groups is 1. The fourth-order valence-electron chi connectivity index (χ4n) is 3.72. The molecule has 0 aliphatic carbocycles. The predicted octanol–water partition coefficient (Wildman–Crippen LogP) is 4.31. The van der Waals surface area contributed by atoms with Crippen LogP contribution in [0.25, 0.3) is 11.1 Å². The van der Waals surface area contributed by atoms with Crippen LogP contribution < -0.4 is 0 Å². The summed E-state index contributed by atoms with van der Waals surface area (Å²) in [5.41, 5.74) is 10.8. The molecule has 2 nitrogen and oxygen atoms in total. The highest BCUT2D eigenvalue weighted by Crippen LogP contribution is 2.39. The van der Waals surface area contributed by atoms with Crippen molar-refractivity contribution in [3.63, 3.8) is 0 Å². The van der Waals surface area contributed by atoms with Crippen LogP contribution in [0.2, 0.25) is 0 Å². The van der Waals surface area contributed by atoms with Crippen LogP contribution >= 0.6 is 0 Å². The zero-order valence-corrected chi connectivity index (χ0v) is 13.9. The van der Waals surface area contributed by atoms with Gasteiger partial charge in [0.25, 0.3) is 0 Å². The Morgan fingerprint density at radius 1 is 1.00 bits per heavy atom. The summed E-state index contributed by atoms with van der Waals surface area (Å²) in [6, 6.07) is 8.78. The molecule has 0 aromatic heterocycles. The second kappa shape index (κ2) is 5.60. The van der Waals surface area contributed by atoms with Gasteiger partial charge in [-0.1, -0.05) is 36.8 Å². The van der Waals surface area contributed by atoms with Gasteiger partial charge < -0.3 is 4.90 Å². The zero-order valence-electron chi connectivity index (χ0n) is 13.9. The molecule has 1 heterocycles. The Labute approximate surface area is 132 Å². The smallest absolute Gasteiger partial charge is 0.210 e. The van der Waals surface area contributed by atoms with Crippen LogP contribution in [0, 0.1) is 20.8 Å². The molecule has 0 unspecified atom stereocenters. The summed E-state index contributed by atoms with van der Waals surface area (Å²) >= 11 is 0. The molecule has 0 saturated heterocycles. The first-order chi connectivity index (χ1) is 10.6. The fourth-order valence-corrected chi connectivity index (χ4v) is 3.72. The lowest BCUT2D eigenvalue weighted by Gasteiger charge is -2.19. The average molecular weight is 293 g/mol. The second-order valence-electron chi connectivity index (χ2n) is 6.29. The van der Waals surface area contributed by atoms with Crippen LogP contribution in [0.5, 0.6) is 0 Å². The van der Waals surface area contributed by atoms with Gasteiger partial charge in [-0.15, -0.1) is 0 Å². The minimum absolute atomic E-state index is 0.744. The number of amides is 1. The number of hydrogen-bond acceptors (Lipinski definition) is 1. The van der Waals surface area contributed by atoms with Crippen molar-refractivity contribution in [3.8, 4) is 11.1 Å². The van der Waals surface area contributed by atoms with Crippen LogP contribution in [0.15, 0.2) is 24.3 Å². The summed E-state index contributed by atoms with van der Waals surface area (Å²) in [5.74, 6) is 0. The van der Waals surface area contributed by atoms with E-state index in [1.165, 1.54) is 44.5 Å². The zero-order chi connectivity index (χ0) is 15.9. The standard InChI is InChI=1S/C20H23NO/c1-5-17-14(3)18-10-21(12-22)11-19(18)15(4)20(17)16-8-6-13(2)7-9-16/h6-9,12H,5,10-11H2,1-4H3. The lowest BCUT2D eigenvalue weighted by Crippen LogP contribution is -2.12. The predicted molar refractivity (Wildman–Crippen MR) is 90.8 cm³/mol. The largest absolute Gasteiger partial charge is 0.337 e. The highest BCUT2D eigenvalue weighted by Gasteiger charge is 2.26. The Kier molecular flexibility index (Phi) is 3.78. The SMILES string of the molecule is CCc1c(C)c2c(c(C)c1-c1ccc(C)cc1)CN(C=O)C2. The minimum Gasteiger partial charge on any atom is -0.337 e. The molecule has 0 bridgehead atoms. The van der Waals surface area contributed by atoms with Crippen molar-refractivity contribution in [1.29, 1.82) is 0 Å². The van der Waals surface area contributed by atoms with Crippen molar-refractivity contribution in [1.82, 2.24) is 4.90 Å².